The molecule has 3 unspecified atom stereocenters. The van der Waals surface area contributed by atoms with E-state index in [2.05, 4.69) is 19.8 Å². The normalized spacial score (nSPS) is 51.9. The zero-order chi connectivity index (χ0) is 18.0. The third-order valence-corrected chi connectivity index (χ3v) is 8.42. The number of hydrogen-bond donors (Lipinski definition) is 3. The Morgan fingerprint density at radius 1 is 1.04 bits per heavy atom. The lowest BCUT2D eigenvalue weighted by Crippen LogP contribution is -2.52. The second-order valence-electron chi connectivity index (χ2n) is 9.29. The van der Waals surface area contributed by atoms with Gasteiger partial charge < -0.3 is 15.3 Å². The molecule has 8 atom stereocenters. The number of allylic oxidation sites excluding steroid dienone is 1. The molecule has 0 radical (unpaired) electrons. The largest absolute Gasteiger partial charge is 0.390 e. The summed E-state index contributed by atoms with van der Waals surface area (Å²) in [7, 11) is 0. The van der Waals surface area contributed by atoms with Gasteiger partial charge in [0.25, 0.3) is 0 Å². The third-order valence-electron chi connectivity index (χ3n) is 8.42. The van der Waals surface area contributed by atoms with Gasteiger partial charge in [-0.25, -0.2) is 0 Å². The predicted octanol–water partition coefficient (Wildman–Crippen LogP) is 2.94. The molecule has 138 valence electrons. The first-order valence-corrected chi connectivity index (χ1v) is 9.72. The van der Waals surface area contributed by atoms with Crippen LogP contribution < -0.4 is 0 Å². The minimum Gasteiger partial charge on any atom is -0.390 e. The molecule has 3 nitrogen and oxygen atoms in total. The minimum absolute atomic E-state index is 0.0405. The Morgan fingerprint density at radius 2 is 1.80 bits per heavy atom. The van der Waals surface area contributed by atoms with E-state index in [4.69, 9.17) is 0 Å². The number of fused-ring (bicyclic) bond motifs is 5. The molecule has 0 aromatic heterocycles. The van der Waals surface area contributed by atoms with Crippen LogP contribution in [0.25, 0.3) is 0 Å². The van der Waals surface area contributed by atoms with Crippen molar-refractivity contribution < 1.29 is 19.7 Å². The van der Waals surface area contributed by atoms with Gasteiger partial charge in [-0.05, 0) is 85.0 Å². The van der Waals surface area contributed by atoms with Crippen LogP contribution in [0.15, 0.2) is 11.1 Å². The van der Waals surface area contributed by atoms with Crippen molar-refractivity contribution >= 4 is 0 Å². The van der Waals surface area contributed by atoms with E-state index in [0.717, 1.165) is 32.1 Å². The van der Waals surface area contributed by atoms with Gasteiger partial charge in [-0.15, -0.1) is 4.39 Å². The van der Waals surface area contributed by atoms with Gasteiger partial charge in [-0.2, -0.15) is 0 Å². The first-order valence-electron chi connectivity index (χ1n) is 9.72. The van der Waals surface area contributed by atoms with Gasteiger partial charge in [0.15, 0.2) is 0 Å². The van der Waals surface area contributed by atoms with Gasteiger partial charge in [0, 0.05) is 5.57 Å². The topological polar surface area (TPSA) is 60.7 Å². The molecule has 0 aliphatic heterocycles. The standard InChI is InChI=1S/C21H29FO3/c1-20-9-6-17(23)13(7-10-22)14(20)4-3-12-15(20)5-8-21(2)16(12)11-18(24)19(21)25/h12,15-19,23-25H,3-6,8-9,11H2,1-2H3/t12-,15-,16+,17?,18?,19?,20+,21+/m1/s1. The van der Waals surface area contributed by atoms with E-state index in [-0.39, 0.29) is 10.8 Å². The van der Waals surface area contributed by atoms with Crippen LogP contribution in [0.2, 0.25) is 0 Å². The van der Waals surface area contributed by atoms with Crippen LogP contribution >= 0.6 is 0 Å². The molecule has 25 heavy (non-hydrogen) atoms. The van der Waals surface area contributed by atoms with Gasteiger partial charge >= 0.3 is 0 Å². The summed E-state index contributed by atoms with van der Waals surface area (Å²) in [4.78, 5) is 0. The molecule has 0 heterocycles. The second kappa shape index (κ2) is 5.81. The summed E-state index contributed by atoms with van der Waals surface area (Å²) in [6.07, 6.45) is 5.66. The van der Waals surface area contributed by atoms with Crippen molar-refractivity contribution in [3.63, 3.8) is 0 Å². The molecule has 0 aromatic rings. The Labute approximate surface area is 149 Å². The fourth-order valence-electron chi connectivity index (χ4n) is 7.06. The lowest BCUT2D eigenvalue weighted by atomic mass is 9.46. The molecule has 0 bridgehead atoms. The van der Waals surface area contributed by atoms with Crippen molar-refractivity contribution in [3.05, 3.63) is 11.1 Å². The van der Waals surface area contributed by atoms with Gasteiger partial charge in [0.2, 0.25) is 0 Å². The van der Waals surface area contributed by atoms with Gasteiger partial charge in [-0.1, -0.05) is 13.8 Å². The number of hydrogen-bond acceptors (Lipinski definition) is 3. The third kappa shape index (κ3) is 2.29. The zero-order valence-corrected chi connectivity index (χ0v) is 15.1. The first-order chi connectivity index (χ1) is 11.8. The molecule has 4 rings (SSSR count). The Balaban J connectivity index is 1.73. The van der Waals surface area contributed by atoms with E-state index >= 15 is 0 Å². The van der Waals surface area contributed by atoms with Crippen LogP contribution in [-0.4, -0.2) is 33.6 Å². The summed E-state index contributed by atoms with van der Waals surface area (Å²) in [6.45, 7) is 4.42. The van der Waals surface area contributed by atoms with E-state index in [9.17, 15) is 19.7 Å². The molecule has 3 N–H and O–H groups in total. The van der Waals surface area contributed by atoms with E-state index in [1.165, 1.54) is 11.7 Å². The van der Waals surface area contributed by atoms with E-state index < -0.39 is 18.3 Å². The number of aliphatic hydroxyl groups is 3. The maximum absolute atomic E-state index is 12.7. The SMILES string of the molecule is C[C@]12CCC(O)C(C#CF)=C1CC[C@@H]1[C@H]2CC[C@]2(C)C(O)C(O)C[C@@H]12. The van der Waals surface area contributed by atoms with Gasteiger partial charge in [0.1, 0.15) is 6.17 Å². The maximum Gasteiger partial charge on any atom is 0.110 e. The van der Waals surface area contributed by atoms with Crippen LogP contribution in [-0.2, 0) is 0 Å². The highest BCUT2D eigenvalue weighted by Crippen LogP contribution is 2.65. The lowest BCUT2D eigenvalue weighted by Gasteiger charge is -2.58. The average molecular weight is 348 g/mol. The highest BCUT2D eigenvalue weighted by molar-refractivity contribution is 5.42. The first kappa shape index (κ1) is 17.5. The van der Waals surface area contributed by atoms with Crippen LogP contribution in [0.3, 0.4) is 0 Å². The summed E-state index contributed by atoms with van der Waals surface area (Å²) in [5, 5.41) is 31.1. The molecule has 4 aliphatic carbocycles. The van der Waals surface area contributed by atoms with Crippen molar-refractivity contribution in [1.29, 1.82) is 0 Å². The quantitative estimate of drug-likeness (QED) is 0.590. The Kier molecular flexibility index (Phi) is 4.07. The molecule has 0 amide bonds. The fourth-order valence-corrected chi connectivity index (χ4v) is 7.06. The summed E-state index contributed by atoms with van der Waals surface area (Å²) in [5.74, 6) is 3.85. The van der Waals surface area contributed by atoms with E-state index in [1.807, 2.05) is 0 Å². The van der Waals surface area contributed by atoms with E-state index in [1.54, 1.807) is 0 Å². The van der Waals surface area contributed by atoms with Crippen molar-refractivity contribution in [2.75, 3.05) is 0 Å². The fraction of sp³-hybridized carbons (Fsp3) is 0.810. The molecule has 3 saturated carbocycles. The lowest BCUT2D eigenvalue weighted by molar-refractivity contribution is -0.0861. The Hall–Kier alpha value is -0.890. The van der Waals surface area contributed by atoms with E-state index in [0.29, 0.717) is 36.2 Å². The summed E-state index contributed by atoms with van der Waals surface area (Å²) in [5.41, 5.74) is 1.56. The summed E-state index contributed by atoms with van der Waals surface area (Å²) in [6, 6.07) is 0. The smallest absolute Gasteiger partial charge is 0.110 e. The molecule has 0 saturated heterocycles. The monoisotopic (exact) mass is 348 g/mol. The molecular weight excluding hydrogens is 319 g/mol. The van der Waals surface area contributed by atoms with Crippen molar-refractivity contribution in [2.24, 2.45) is 28.6 Å². The maximum atomic E-state index is 12.7. The second-order valence-corrected chi connectivity index (χ2v) is 9.29. The van der Waals surface area contributed by atoms with Crippen LogP contribution in [0.4, 0.5) is 4.39 Å². The Morgan fingerprint density at radius 3 is 2.52 bits per heavy atom. The molecule has 0 aromatic carbocycles. The molecule has 4 aliphatic rings. The van der Waals surface area contributed by atoms with Crippen LogP contribution in [0, 0.1) is 40.7 Å². The van der Waals surface area contributed by atoms with Gasteiger partial charge in [0.05, 0.1) is 18.3 Å². The molecule has 0 spiro atoms. The summed E-state index contributed by atoms with van der Waals surface area (Å²) >= 11 is 0. The average Bonchev–Trinajstić information content (AvgIpc) is 2.82. The number of halogens is 1. The molecule has 4 heteroatoms. The Bertz CT molecular complexity index is 662. The number of rotatable bonds is 0. The van der Waals surface area contributed by atoms with Gasteiger partial charge in [-0.3, -0.25) is 0 Å². The molecule has 3 fully saturated rings. The predicted molar refractivity (Wildman–Crippen MR) is 92.9 cm³/mol. The zero-order valence-electron chi connectivity index (χ0n) is 15.1. The highest BCUT2D eigenvalue weighted by Gasteiger charge is 2.61. The van der Waals surface area contributed by atoms with Crippen molar-refractivity contribution in [2.45, 2.75) is 77.1 Å². The van der Waals surface area contributed by atoms with Crippen molar-refractivity contribution in [3.8, 4) is 12.1 Å². The van der Waals surface area contributed by atoms with Crippen LogP contribution in [0.5, 0.6) is 0 Å². The van der Waals surface area contributed by atoms with Crippen LogP contribution in [0.1, 0.15) is 58.8 Å². The van der Waals surface area contributed by atoms with Crippen molar-refractivity contribution in [1.82, 2.24) is 0 Å². The minimum atomic E-state index is -0.633. The number of aliphatic hydroxyl groups excluding tert-OH is 3. The summed E-state index contributed by atoms with van der Waals surface area (Å²) < 4.78 is 12.7. The molecular formula is C21H29FO3. The highest BCUT2D eigenvalue weighted by atomic mass is 19.1.